The van der Waals surface area contributed by atoms with Crippen molar-refractivity contribution >= 4 is 18.3 Å². The maximum Gasteiger partial charge on any atom is 0.225 e. The second kappa shape index (κ2) is 6.45. The third-order valence-corrected chi connectivity index (χ3v) is 2.59. The molecule has 1 fully saturated rings. The van der Waals surface area contributed by atoms with Gasteiger partial charge in [-0.05, 0) is 18.1 Å². The van der Waals surface area contributed by atoms with Crippen LogP contribution in [-0.2, 0) is 11.2 Å². The Morgan fingerprint density at radius 1 is 1.56 bits per heavy atom. The summed E-state index contributed by atoms with van der Waals surface area (Å²) in [5.74, 6) is 0.344. The molecular weight excluding hydrogens is 226 g/mol. The molecule has 1 saturated heterocycles. The quantitative estimate of drug-likeness (QED) is 0.802. The van der Waals surface area contributed by atoms with Gasteiger partial charge in [0.15, 0.2) is 0 Å². The van der Waals surface area contributed by atoms with Gasteiger partial charge in [0.25, 0.3) is 0 Å². The summed E-state index contributed by atoms with van der Waals surface area (Å²) in [5.41, 5.74) is 1.16. The van der Waals surface area contributed by atoms with Crippen LogP contribution in [0.1, 0.15) is 5.56 Å². The number of carbonyl (C=O) groups excluding carboxylic acids is 1. The van der Waals surface area contributed by atoms with E-state index in [1.165, 1.54) is 0 Å². The highest BCUT2D eigenvalue weighted by molar-refractivity contribution is 5.85. The number of rotatable bonds is 4. The SMILES string of the molecule is Cl.O=C(NCCc1cccnc1)C1CNC1. The van der Waals surface area contributed by atoms with Gasteiger partial charge >= 0.3 is 0 Å². The third-order valence-electron chi connectivity index (χ3n) is 2.59. The molecule has 2 heterocycles. The molecule has 2 N–H and O–H groups in total. The van der Waals surface area contributed by atoms with E-state index >= 15 is 0 Å². The van der Waals surface area contributed by atoms with Crippen molar-refractivity contribution in [3.8, 4) is 0 Å². The number of amides is 1. The summed E-state index contributed by atoms with van der Waals surface area (Å²) < 4.78 is 0. The minimum absolute atomic E-state index is 0. The van der Waals surface area contributed by atoms with Crippen LogP contribution >= 0.6 is 12.4 Å². The third kappa shape index (κ3) is 3.47. The molecule has 1 aromatic heterocycles. The van der Waals surface area contributed by atoms with Crippen LogP contribution in [0.3, 0.4) is 0 Å². The minimum Gasteiger partial charge on any atom is -0.355 e. The molecule has 0 atom stereocenters. The molecular formula is C11H16ClN3O. The molecule has 0 bridgehead atoms. The number of halogens is 1. The fraction of sp³-hybridized carbons (Fsp3) is 0.455. The second-order valence-electron chi connectivity index (χ2n) is 3.76. The van der Waals surface area contributed by atoms with Crippen molar-refractivity contribution in [2.75, 3.05) is 19.6 Å². The van der Waals surface area contributed by atoms with Crippen molar-refractivity contribution in [2.45, 2.75) is 6.42 Å². The Morgan fingerprint density at radius 3 is 2.94 bits per heavy atom. The molecule has 1 aliphatic rings. The maximum atomic E-state index is 11.4. The number of carbonyl (C=O) groups is 1. The summed E-state index contributed by atoms with van der Waals surface area (Å²) in [6, 6.07) is 3.93. The molecule has 0 saturated carbocycles. The molecule has 1 aromatic rings. The first kappa shape index (κ1) is 12.9. The highest BCUT2D eigenvalue weighted by atomic mass is 35.5. The molecule has 88 valence electrons. The summed E-state index contributed by atoms with van der Waals surface area (Å²) in [6.45, 7) is 2.33. The molecule has 5 heteroatoms. The first-order valence-corrected chi connectivity index (χ1v) is 5.23. The van der Waals surface area contributed by atoms with Gasteiger partial charge < -0.3 is 10.6 Å². The van der Waals surface area contributed by atoms with Crippen LogP contribution in [0.25, 0.3) is 0 Å². The van der Waals surface area contributed by atoms with E-state index in [4.69, 9.17) is 0 Å². The fourth-order valence-corrected chi connectivity index (χ4v) is 1.49. The molecule has 1 amide bonds. The summed E-state index contributed by atoms with van der Waals surface area (Å²) in [7, 11) is 0. The Hall–Kier alpha value is -1.13. The Labute approximate surface area is 101 Å². The van der Waals surface area contributed by atoms with E-state index in [2.05, 4.69) is 15.6 Å². The number of aromatic nitrogens is 1. The van der Waals surface area contributed by atoms with Crippen molar-refractivity contribution < 1.29 is 4.79 Å². The van der Waals surface area contributed by atoms with E-state index in [1.54, 1.807) is 6.20 Å². The van der Waals surface area contributed by atoms with Crippen molar-refractivity contribution in [3.05, 3.63) is 30.1 Å². The standard InChI is InChI=1S/C11H15N3O.ClH/c15-11(10-7-13-8-10)14-5-3-9-2-1-4-12-6-9;/h1-2,4,6,10,13H,3,5,7-8H2,(H,14,15);1H. The number of nitrogens with one attached hydrogen (secondary N) is 2. The molecule has 4 nitrogen and oxygen atoms in total. The molecule has 0 aliphatic carbocycles. The molecule has 1 aliphatic heterocycles. The van der Waals surface area contributed by atoms with Gasteiger partial charge in [0.05, 0.1) is 5.92 Å². The van der Waals surface area contributed by atoms with E-state index < -0.39 is 0 Å². The summed E-state index contributed by atoms with van der Waals surface area (Å²) in [6.07, 6.45) is 4.43. The van der Waals surface area contributed by atoms with Crippen molar-refractivity contribution in [1.82, 2.24) is 15.6 Å². The Kier molecular flexibility index (Phi) is 5.22. The molecule has 0 aromatic carbocycles. The predicted octanol–water partition coefficient (Wildman–Crippen LogP) is 0.381. The van der Waals surface area contributed by atoms with Crippen molar-refractivity contribution in [1.29, 1.82) is 0 Å². The van der Waals surface area contributed by atoms with Crippen LogP contribution in [-0.4, -0.2) is 30.5 Å². The van der Waals surface area contributed by atoms with Gasteiger partial charge in [-0.2, -0.15) is 0 Å². The van der Waals surface area contributed by atoms with Crippen LogP contribution in [0, 0.1) is 5.92 Å². The topological polar surface area (TPSA) is 54.0 Å². The van der Waals surface area contributed by atoms with Gasteiger partial charge in [-0.1, -0.05) is 6.07 Å². The van der Waals surface area contributed by atoms with Crippen molar-refractivity contribution in [2.24, 2.45) is 5.92 Å². The largest absolute Gasteiger partial charge is 0.355 e. The van der Waals surface area contributed by atoms with E-state index in [-0.39, 0.29) is 24.2 Å². The van der Waals surface area contributed by atoms with Crippen molar-refractivity contribution in [3.63, 3.8) is 0 Å². The average Bonchev–Trinajstić information content (AvgIpc) is 2.16. The number of pyridine rings is 1. The van der Waals surface area contributed by atoms with Crippen LogP contribution < -0.4 is 10.6 Å². The zero-order valence-corrected chi connectivity index (χ0v) is 9.80. The zero-order valence-electron chi connectivity index (χ0n) is 8.98. The fourth-order valence-electron chi connectivity index (χ4n) is 1.49. The van der Waals surface area contributed by atoms with Gasteiger partial charge in [0.2, 0.25) is 5.91 Å². The monoisotopic (exact) mass is 241 g/mol. The number of nitrogens with zero attached hydrogens (tertiary/aromatic N) is 1. The lowest BCUT2D eigenvalue weighted by Gasteiger charge is -2.25. The first-order valence-electron chi connectivity index (χ1n) is 5.23. The number of hydrogen-bond donors (Lipinski definition) is 2. The molecule has 2 rings (SSSR count). The zero-order chi connectivity index (χ0) is 10.5. The van der Waals surface area contributed by atoms with Gasteiger partial charge in [-0.25, -0.2) is 0 Å². The highest BCUT2D eigenvalue weighted by Crippen LogP contribution is 2.02. The Morgan fingerprint density at radius 2 is 2.38 bits per heavy atom. The number of hydrogen-bond acceptors (Lipinski definition) is 3. The normalized spacial score (nSPS) is 14.8. The average molecular weight is 242 g/mol. The molecule has 0 spiro atoms. The van der Waals surface area contributed by atoms with E-state index in [0.29, 0.717) is 6.54 Å². The highest BCUT2D eigenvalue weighted by Gasteiger charge is 2.23. The summed E-state index contributed by atoms with van der Waals surface area (Å²) >= 11 is 0. The summed E-state index contributed by atoms with van der Waals surface area (Å²) in [5, 5.41) is 6.01. The predicted molar refractivity (Wildman–Crippen MR) is 64.6 cm³/mol. The van der Waals surface area contributed by atoms with E-state index in [1.807, 2.05) is 18.3 Å². The minimum atomic E-state index is 0. The lowest BCUT2D eigenvalue weighted by Crippen LogP contribution is -2.51. The van der Waals surface area contributed by atoms with Gasteiger partial charge in [0, 0.05) is 32.0 Å². The Balaban J connectivity index is 0.00000128. The van der Waals surface area contributed by atoms with Crippen LogP contribution in [0.4, 0.5) is 0 Å². The summed E-state index contributed by atoms with van der Waals surface area (Å²) in [4.78, 5) is 15.5. The molecule has 0 unspecified atom stereocenters. The first-order chi connectivity index (χ1) is 7.36. The van der Waals surface area contributed by atoms with Gasteiger partial charge in [0.1, 0.15) is 0 Å². The molecule has 0 radical (unpaired) electrons. The van der Waals surface area contributed by atoms with Gasteiger partial charge in [-0.15, -0.1) is 12.4 Å². The van der Waals surface area contributed by atoms with Crippen LogP contribution in [0.2, 0.25) is 0 Å². The maximum absolute atomic E-state index is 11.4. The van der Waals surface area contributed by atoms with E-state index in [0.717, 1.165) is 25.1 Å². The lowest BCUT2D eigenvalue weighted by atomic mass is 10.0. The van der Waals surface area contributed by atoms with Crippen LogP contribution in [0.15, 0.2) is 24.5 Å². The smallest absolute Gasteiger partial charge is 0.225 e. The second-order valence-corrected chi connectivity index (χ2v) is 3.76. The Bertz CT molecular complexity index is 327. The van der Waals surface area contributed by atoms with Crippen LogP contribution in [0.5, 0.6) is 0 Å². The lowest BCUT2D eigenvalue weighted by molar-refractivity contribution is -0.126. The molecule has 16 heavy (non-hydrogen) atoms. The van der Waals surface area contributed by atoms with Gasteiger partial charge in [-0.3, -0.25) is 9.78 Å². The van der Waals surface area contributed by atoms with E-state index in [9.17, 15) is 4.79 Å².